The molecule has 0 heteroatoms. The first-order valence-electron chi connectivity index (χ1n) is 6.37. The average molecular weight is 234 g/mol. The predicted octanol–water partition coefficient (Wildman–Crippen LogP) is 4.89. The molecule has 0 amide bonds. The van der Waals surface area contributed by atoms with E-state index in [2.05, 4.69) is 78.9 Å². The summed E-state index contributed by atoms with van der Waals surface area (Å²) in [6, 6.07) is 20.9. The Morgan fingerprint density at radius 3 is 2.11 bits per heavy atom. The number of aryl methyl sites for hydroxylation is 1. The van der Waals surface area contributed by atoms with Crippen LogP contribution in [0.1, 0.15) is 17.5 Å². The fourth-order valence-electron chi connectivity index (χ4n) is 1.80. The summed E-state index contributed by atoms with van der Waals surface area (Å²) in [5.74, 6) is 0. The van der Waals surface area contributed by atoms with Gasteiger partial charge in [-0.1, -0.05) is 85.0 Å². The summed E-state index contributed by atoms with van der Waals surface area (Å²) in [6.45, 7) is 0. The first-order chi connectivity index (χ1) is 8.95. The van der Waals surface area contributed by atoms with Crippen LogP contribution in [0.4, 0.5) is 0 Å². The van der Waals surface area contributed by atoms with Crippen LogP contribution in [0.15, 0.2) is 78.9 Å². The second-order valence-corrected chi connectivity index (χ2v) is 4.22. The van der Waals surface area contributed by atoms with E-state index in [4.69, 9.17) is 0 Å². The van der Waals surface area contributed by atoms with Crippen LogP contribution in [-0.4, -0.2) is 0 Å². The van der Waals surface area contributed by atoms with E-state index in [-0.39, 0.29) is 0 Å². The summed E-state index contributed by atoms with van der Waals surface area (Å²) >= 11 is 0. The smallest absolute Gasteiger partial charge is 0.0244 e. The van der Waals surface area contributed by atoms with Crippen LogP contribution in [0.5, 0.6) is 0 Å². The lowest BCUT2D eigenvalue weighted by atomic mass is 10.1. The van der Waals surface area contributed by atoms with Gasteiger partial charge < -0.3 is 0 Å². The normalized spacial score (nSPS) is 11.3. The SMILES string of the molecule is C(=C/CCc1ccccc1)/C=C/c1ccccc1. The lowest BCUT2D eigenvalue weighted by molar-refractivity contribution is 1.00. The monoisotopic (exact) mass is 234 g/mol. The molecule has 0 atom stereocenters. The molecule has 0 saturated heterocycles. The number of allylic oxidation sites excluding steroid dienone is 3. The van der Waals surface area contributed by atoms with Crippen molar-refractivity contribution in [3.63, 3.8) is 0 Å². The van der Waals surface area contributed by atoms with Gasteiger partial charge in [0.2, 0.25) is 0 Å². The molecule has 0 fully saturated rings. The Kier molecular flexibility index (Phi) is 5.01. The molecule has 0 aromatic heterocycles. The van der Waals surface area contributed by atoms with Crippen molar-refractivity contribution >= 4 is 6.08 Å². The van der Waals surface area contributed by atoms with E-state index in [0.29, 0.717) is 0 Å². The van der Waals surface area contributed by atoms with E-state index in [9.17, 15) is 0 Å². The molecule has 0 aliphatic rings. The molecule has 0 unspecified atom stereocenters. The molecule has 18 heavy (non-hydrogen) atoms. The molecule has 0 saturated carbocycles. The van der Waals surface area contributed by atoms with Crippen LogP contribution in [0.2, 0.25) is 0 Å². The highest BCUT2D eigenvalue weighted by Crippen LogP contribution is 2.04. The Bertz CT molecular complexity index is 492. The van der Waals surface area contributed by atoms with Gasteiger partial charge in [-0.25, -0.2) is 0 Å². The maximum absolute atomic E-state index is 2.21. The van der Waals surface area contributed by atoms with Crippen LogP contribution in [-0.2, 0) is 6.42 Å². The van der Waals surface area contributed by atoms with Gasteiger partial charge >= 0.3 is 0 Å². The Morgan fingerprint density at radius 1 is 0.722 bits per heavy atom. The Hall–Kier alpha value is -2.08. The van der Waals surface area contributed by atoms with Crippen molar-refractivity contribution in [1.82, 2.24) is 0 Å². The Morgan fingerprint density at radius 2 is 1.39 bits per heavy atom. The number of benzene rings is 2. The fraction of sp³-hybridized carbons (Fsp3) is 0.111. The zero-order chi connectivity index (χ0) is 12.5. The van der Waals surface area contributed by atoms with E-state index in [1.807, 2.05) is 6.07 Å². The van der Waals surface area contributed by atoms with Gasteiger partial charge in [0.25, 0.3) is 0 Å². The van der Waals surface area contributed by atoms with E-state index in [1.54, 1.807) is 0 Å². The van der Waals surface area contributed by atoms with Gasteiger partial charge in [0.1, 0.15) is 0 Å². The van der Waals surface area contributed by atoms with Gasteiger partial charge in [0.05, 0.1) is 0 Å². The number of rotatable bonds is 5. The molecule has 0 radical (unpaired) electrons. The molecule has 0 aliphatic carbocycles. The van der Waals surface area contributed by atoms with Crippen molar-refractivity contribution in [3.05, 3.63) is 90.0 Å². The molecule has 0 nitrogen and oxygen atoms in total. The van der Waals surface area contributed by atoms with Crippen molar-refractivity contribution in [1.29, 1.82) is 0 Å². The molecule has 0 spiro atoms. The minimum atomic E-state index is 1.09. The van der Waals surface area contributed by atoms with E-state index >= 15 is 0 Å². The summed E-state index contributed by atoms with van der Waals surface area (Å²) in [5.41, 5.74) is 2.64. The van der Waals surface area contributed by atoms with Gasteiger partial charge in [-0.15, -0.1) is 0 Å². The highest BCUT2D eigenvalue weighted by molar-refractivity contribution is 5.50. The summed E-state index contributed by atoms with van der Waals surface area (Å²) in [6.07, 6.45) is 10.8. The molecule has 0 aliphatic heterocycles. The molecule has 0 N–H and O–H groups in total. The van der Waals surface area contributed by atoms with Crippen LogP contribution in [0, 0.1) is 0 Å². The van der Waals surface area contributed by atoms with Gasteiger partial charge in [0, 0.05) is 0 Å². The van der Waals surface area contributed by atoms with Crippen LogP contribution in [0.25, 0.3) is 6.08 Å². The zero-order valence-electron chi connectivity index (χ0n) is 10.5. The van der Waals surface area contributed by atoms with Crippen molar-refractivity contribution in [2.45, 2.75) is 12.8 Å². The molecule has 2 rings (SSSR count). The minimum Gasteiger partial charge on any atom is -0.0842 e. The van der Waals surface area contributed by atoms with Crippen molar-refractivity contribution in [3.8, 4) is 0 Å². The summed E-state index contributed by atoms with van der Waals surface area (Å²) in [5, 5.41) is 0. The van der Waals surface area contributed by atoms with Crippen LogP contribution >= 0.6 is 0 Å². The average Bonchev–Trinajstić information content (AvgIpc) is 2.45. The largest absolute Gasteiger partial charge is 0.0842 e. The summed E-state index contributed by atoms with van der Waals surface area (Å²) in [4.78, 5) is 0. The molecule has 2 aromatic carbocycles. The number of hydrogen-bond donors (Lipinski definition) is 0. The number of hydrogen-bond acceptors (Lipinski definition) is 0. The van der Waals surface area contributed by atoms with Crippen molar-refractivity contribution in [2.24, 2.45) is 0 Å². The molecule has 0 heterocycles. The lowest BCUT2D eigenvalue weighted by Crippen LogP contribution is -1.80. The highest BCUT2D eigenvalue weighted by Gasteiger charge is 1.87. The van der Waals surface area contributed by atoms with E-state index < -0.39 is 0 Å². The fourth-order valence-corrected chi connectivity index (χ4v) is 1.80. The zero-order valence-corrected chi connectivity index (χ0v) is 10.5. The summed E-state index contributed by atoms with van der Waals surface area (Å²) < 4.78 is 0. The lowest BCUT2D eigenvalue weighted by Gasteiger charge is -1.95. The second-order valence-electron chi connectivity index (χ2n) is 4.22. The second kappa shape index (κ2) is 7.29. The highest BCUT2D eigenvalue weighted by atomic mass is 13.9. The molecule has 2 aromatic rings. The predicted molar refractivity (Wildman–Crippen MR) is 79.4 cm³/mol. The molecular weight excluding hydrogens is 216 g/mol. The maximum atomic E-state index is 2.21. The Balaban J connectivity index is 1.74. The third-order valence-electron chi connectivity index (χ3n) is 2.78. The van der Waals surface area contributed by atoms with Crippen LogP contribution < -0.4 is 0 Å². The van der Waals surface area contributed by atoms with Gasteiger partial charge in [-0.3, -0.25) is 0 Å². The van der Waals surface area contributed by atoms with E-state index in [1.165, 1.54) is 11.1 Å². The van der Waals surface area contributed by atoms with Crippen LogP contribution in [0.3, 0.4) is 0 Å². The Labute approximate surface area is 109 Å². The first kappa shape index (κ1) is 12.4. The third-order valence-corrected chi connectivity index (χ3v) is 2.78. The third kappa shape index (κ3) is 4.42. The molecule has 90 valence electrons. The summed E-state index contributed by atoms with van der Waals surface area (Å²) in [7, 11) is 0. The minimum absolute atomic E-state index is 1.09. The maximum Gasteiger partial charge on any atom is -0.0244 e. The van der Waals surface area contributed by atoms with Gasteiger partial charge in [-0.05, 0) is 24.0 Å². The van der Waals surface area contributed by atoms with E-state index in [0.717, 1.165) is 12.8 Å². The molecular formula is C18H18. The first-order valence-corrected chi connectivity index (χ1v) is 6.37. The van der Waals surface area contributed by atoms with Gasteiger partial charge in [0.15, 0.2) is 0 Å². The quantitative estimate of drug-likeness (QED) is 0.646. The van der Waals surface area contributed by atoms with Crippen molar-refractivity contribution in [2.75, 3.05) is 0 Å². The topological polar surface area (TPSA) is 0 Å². The molecule has 0 bridgehead atoms. The standard InChI is InChI=1S/C18H18/c1(5-11-17-13-7-3-8-14-17)2-6-12-18-15-9-4-10-16-18/h1-5,7-11,13-16H,6,12H2/b2-1-,11-5+. The van der Waals surface area contributed by atoms with Gasteiger partial charge in [-0.2, -0.15) is 0 Å². The van der Waals surface area contributed by atoms with Crippen molar-refractivity contribution < 1.29 is 0 Å².